The molecule has 2 N–H and O–H groups in total. The minimum absolute atomic E-state index is 0.0308. The van der Waals surface area contributed by atoms with Gasteiger partial charge >= 0.3 is 12.1 Å². The summed E-state index contributed by atoms with van der Waals surface area (Å²) in [6, 6.07) is 3.81. The molecular formula is C30H47N3O6. The Balaban J connectivity index is 2.49. The summed E-state index contributed by atoms with van der Waals surface area (Å²) in [5, 5.41) is 5.65. The zero-order valence-corrected chi connectivity index (χ0v) is 25.1. The van der Waals surface area contributed by atoms with Crippen LogP contribution in [0.4, 0.5) is 4.79 Å². The monoisotopic (exact) mass is 545 g/mol. The summed E-state index contributed by atoms with van der Waals surface area (Å²) in [5.41, 5.74) is 1.79. The summed E-state index contributed by atoms with van der Waals surface area (Å²) in [4.78, 5) is 54.5. The van der Waals surface area contributed by atoms with Gasteiger partial charge in [-0.2, -0.15) is 0 Å². The van der Waals surface area contributed by atoms with Gasteiger partial charge in [0.05, 0.1) is 13.0 Å². The highest BCUT2D eigenvalue weighted by molar-refractivity contribution is 5.93. The van der Waals surface area contributed by atoms with E-state index in [1.165, 1.54) is 0 Å². The van der Waals surface area contributed by atoms with E-state index in [0.29, 0.717) is 6.42 Å². The van der Waals surface area contributed by atoms with E-state index in [-0.39, 0.29) is 49.3 Å². The van der Waals surface area contributed by atoms with Crippen molar-refractivity contribution >= 4 is 23.9 Å². The lowest BCUT2D eigenvalue weighted by Crippen LogP contribution is -2.54. The molecule has 1 aliphatic carbocycles. The van der Waals surface area contributed by atoms with Crippen LogP contribution in [0.1, 0.15) is 90.5 Å². The van der Waals surface area contributed by atoms with Crippen molar-refractivity contribution in [3.63, 3.8) is 0 Å². The van der Waals surface area contributed by atoms with Crippen molar-refractivity contribution in [3.8, 4) is 0 Å². The number of hydrogen-bond acceptors (Lipinski definition) is 6. The van der Waals surface area contributed by atoms with Crippen LogP contribution in [0.2, 0.25) is 0 Å². The summed E-state index contributed by atoms with van der Waals surface area (Å²) in [6.07, 6.45) is 0.500. The fourth-order valence-electron chi connectivity index (χ4n) is 4.77. The quantitative estimate of drug-likeness (QED) is 0.372. The molecule has 2 rings (SSSR count). The van der Waals surface area contributed by atoms with Gasteiger partial charge in [-0.15, -0.1) is 0 Å². The predicted molar refractivity (Wildman–Crippen MR) is 150 cm³/mol. The Morgan fingerprint density at radius 3 is 2.18 bits per heavy atom. The number of hydrogen-bond donors (Lipinski definition) is 2. The van der Waals surface area contributed by atoms with Gasteiger partial charge in [0.1, 0.15) is 17.7 Å². The van der Waals surface area contributed by atoms with E-state index in [2.05, 4.69) is 10.6 Å². The Morgan fingerprint density at radius 2 is 1.69 bits per heavy atom. The van der Waals surface area contributed by atoms with Crippen molar-refractivity contribution in [2.45, 2.75) is 105 Å². The second-order valence-corrected chi connectivity index (χ2v) is 11.9. The molecule has 1 saturated carbocycles. The Bertz CT molecular complexity index is 1010. The molecule has 4 atom stereocenters. The van der Waals surface area contributed by atoms with Crippen LogP contribution in [-0.2, 0) is 23.9 Å². The minimum Gasteiger partial charge on any atom is -0.466 e. The lowest BCUT2D eigenvalue weighted by molar-refractivity contribution is -0.145. The van der Waals surface area contributed by atoms with Gasteiger partial charge in [0.15, 0.2) is 0 Å². The predicted octanol–water partition coefficient (Wildman–Crippen LogP) is 4.59. The highest BCUT2D eigenvalue weighted by atomic mass is 16.6. The van der Waals surface area contributed by atoms with Gasteiger partial charge in [0, 0.05) is 12.6 Å². The van der Waals surface area contributed by atoms with Crippen LogP contribution in [0.5, 0.6) is 0 Å². The maximum atomic E-state index is 14.3. The molecule has 0 radical (unpaired) electrons. The molecule has 1 aliphatic rings. The molecule has 39 heavy (non-hydrogen) atoms. The average molecular weight is 546 g/mol. The summed E-state index contributed by atoms with van der Waals surface area (Å²) in [7, 11) is 0. The second kappa shape index (κ2) is 13.8. The standard InChI is InChI=1S/C30H47N3O6/c1-10-38-24(34)14-15-31-27(35)26(25-19(4)12-11-13-20(25)5)33(23-17-21(23)6)28(36)22(16-18(2)3)32-29(37)39-30(7,8)9/h11-13,18,21-23,26H,10,14-17H2,1-9H3,(H,31,35)(H,32,37). The van der Waals surface area contributed by atoms with Gasteiger partial charge in [0.2, 0.25) is 11.8 Å². The van der Waals surface area contributed by atoms with Gasteiger partial charge in [-0.25, -0.2) is 4.79 Å². The van der Waals surface area contributed by atoms with Crippen LogP contribution in [0.15, 0.2) is 18.2 Å². The Labute approximate surface area is 233 Å². The molecule has 0 saturated heterocycles. The summed E-state index contributed by atoms with van der Waals surface area (Å²) in [5.74, 6) is -0.788. The molecule has 1 aromatic carbocycles. The molecule has 1 aromatic rings. The van der Waals surface area contributed by atoms with Crippen LogP contribution >= 0.6 is 0 Å². The fourth-order valence-corrected chi connectivity index (χ4v) is 4.77. The van der Waals surface area contributed by atoms with E-state index >= 15 is 0 Å². The zero-order chi connectivity index (χ0) is 29.5. The Kier molecular flexibility index (Phi) is 11.4. The first-order valence-corrected chi connectivity index (χ1v) is 14.0. The Hall–Kier alpha value is -3.10. The third kappa shape index (κ3) is 9.55. The number of esters is 1. The smallest absolute Gasteiger partial charge is 0.408 e. The number of carbonyl (C=O) groups excluding carboxylic acids is 4. The molecule has 0 spiro atoms. The minimum atomic E-state index is -0.925. The summed E-state index contributed by atoms with van der Waals surface area (Å²) < 4.78 is 10.4. The van der Waals surface area contributed by atoms with Crippen molar-refractivity contribution in [1.29, 1.82) is 0 Å². The van der Waals surface area contributed by atoms with Crippen molar-refractivity contribution < 1.29 is 28.7 Å². The number of nitrogens with one attached hydrogen (secondary N) is 2. The van der Waals surface area contributed by atoms with Crippen LogP contribution in [0.3, 0.4) is 0 Å². The molecule has 0 heterocycles. The molecule has 3 amide bonds. The third-order valence-electron chi connectivity index (χ3n) is 6.65. The van der Waals surface area contributed by atoms with E-state index in [1.54, 1.807) is 32.6 Å². The second-order valence-electron chi connectivity index (χ2n) is 11.9. The third-order valence-corrected chi connectivity index (χ3v) is 6.65. The van der Waals surface area contributed by atoms with Gasteiger partial charge < -0.3 is 25.0 Å². The number of amides is 3. The van der Waals surface area contributed by atoms with Crippen molar-refractivity contribution in [1.82, 2.24) is 15.5 Å². The van der Waals surface area contributed by atoms with Gasteiger partial charge in [-0.3, -0.25) is 14.4 Å². The maximum absolute atomic E-state index is 14.3. The topological polar surface area (TPSA) is 114 Å². The molecule has 0 aromatic heterocycles. The molecule has 9 nitrogen and oxygen atoms in total. The number of rotatable bonds is 12. The van der Waals surface area contributed by atoms with Gasteiger partial charge in [0.25, 0.3) is 0 Å². The van der Waals surface area contributed by atoms with E-state index in [4.69, 9.17) is 9.47 Å². The van der Waals surface area contributed by atoms with Crippen molar-refractivity contribution in [2.75, 3.05) is 13.2 Å². The zero-order valence-electron chi connectivity index (χ0n) is 25.1. The number of nitrogens with zero attached hydrogens (tertiary/aromatic N) is 1. The lowest BCUT2D eigenvalue weighted by Gasteiger charge is -2.36. The number of benzene rings is 1. The number of aryl methyl sites for hydroxylation is 2. The van der Waals surface area contributed by atoms with Crippen molar-refractivity contribution in [2.24, 2.45) is 11.8 Å². The first-order chi connectivity index (χ1) is 18.2. The number of ether oxygens (including phenoxy) is 2. The van der Waals surface area contributed by atoms with E-state index in [9.17, 15) is 19.2 Å². The van der Waals surface area contributed by atoms with Crippen LogP contribution in [0.25, 0.3) is 0 Å². The first-order valence-electron chi connectivity index (χ1n) is 14.0. The van der Waals surface area contributed by atoms with Gasteiger partial charge in [-0.05, 0) is 82.9 Å². The molecule has 1 fully saturated rings. The number of carbonyl (C=O) groups is 4. The molecule has 0 aliphatic heterocycles. The van der Waals surface area contributed by atoms with Gasteiger partial charge in [-0.1, -0.05) is 39.0 Å². The van der Waals surface area contributed by atoms with Crippen LogP contribution < -0.4 is 10.6 Å². The first kappa shape index (κ1) is 32.1. The summed E-state index contributed by atoms with van der Waals surface area (Å²) in [6.45, 7) is 17.2. The largest absolute Gasteiger partial charge is 0.466 e. The van der Waals surface area contributed by atoms with E-state index < -0.39 is 29.7 Å². The normalized spacial score (nSPS) is 18.1. The van der Waals surface area contributed by atoms with Crippen LogP contribution in [-0.4, -0.2) is 59.6 Å². The van der Waals surface area contributed by atoms with E-state index in [0.717, 1.165) is 23.1 Å². The van der Waals surface area contributed by atoms with Crippen molar-refractivity contribution in [3.05, 3.63) is 34.9 Å². The lowest BCUT2D eigenvalue weighted by atomic mass is 9.92. The Morgan fingerprint density at radius 1 is 1.10 bits per heavy atom. The summed E-state index contributed by atoms with van der Waals surface area (Å²) >= 11 is 0. The fraction of sp³-hybridized carbons (Fsp3) is 0.667. The average Bonchev–Trinajstić information content (AvgIpc) is 3.51. The highest BCUT2D eigenvalue weighted by Gasteiger charge is 2.48. The van der Waals surface area contributed by atoms with E-state index in [1.807, 2.05) is 52.8 Å². The molecule has 4 unspecified atom stereocenters. The molecule has 218 valence electrons. The molecular weight excluding hydrogens is 498 g/mol. The highest BCUT2D eigenvalue weighted by Crippen LogP contribution is 2.42. The molecule has 9 heteroatoms. The SMILES string of the molecule is CCOC(=O)CCNC(=O)C(c1c(C)cccc1C)N(C(=O)C(CC(C)C)NC(=O)OC(C)(C)C)C1CC1C. The maximum Gasteiger partial charge on any atom is 0.408 e. The number of alkyl carbamates (subject to hydrolysis) is 1. The molecule has 0 bridgehead atoms. The van der Waals surface area contributed by atoms with Crippen LogP contribution in [0, 0.1) is 25.7 Å².